The summed E-state index contributed by atoms with van der Waals surface area (Å²) in [7, 11) is 0. The van der Waals surface area contributed by atoms with Crippen LogP contribution in [0.3, 0.4) is 0 Å². The lowest BCUT2D eigenvalue weighted by Crippen LogP contribution is -2.40. The van der Waals surface area contributed by atoms with Crippen molar-refractivity contribution in [3.05, 3.63) is 35.4 Å². The first kappa shape index (κ1) is 12.6. The van der Waals surface area contributed by atoms with Crippen molar-refractivity contribution in [2.75, 3.05) is 13.1 Å². The summed E-state index contributed by atoms with van der Waals surface area (Å²) in [4.78, 5) is 2.41. The van der Waals surface area contributed by atoms with Crippen LogP contribution >= 0.6 is 0 Å². The van der Waals surface area contributed by atoms with Gasteiger partial charge in [-0.2, -0.15) is 0 Å². The highest BCUT2D eigenvalue weighted by molar-refractivity contribution is 5.24. The first-order valence-electron chi connectivity index (χ1n) is 6.67. The zero-order valence-corrected chi connectivity index (χ0v) is 10.9. The number of hydrogen-bond donors (Lipinski definition) is 1. The largest absolute Gasteiger partial charge is 0.387 e. The Kier molecular flexibility index (Phi) is 4.19. The van der Waals surface area contributed by atoms with Crippen LogP contribution < -0.4 is 0 Å². The molecule has 0 aromatic heterocycles. The Morgan fingerprint density at radius 3 is 2.24 bits per heavy atom. The van der Waals surface area contributed by atoms with Crippen molar-refractivity contribution in [1.82, 2.24) is 4.90 Å². The minimum atomic E-state index is -0.367. The van der Waals surface area contributed by atoms with Gasteiger partial charge in [0, 0.05) is 6.04 Å². The van der Waals surface area contributed by atoms with Gasteiger partial charge in [-0.15, -0.1) is 0 Å². The molecule has 2 rings (SSSR count). The quantitative estimate of drug-likeness (QED) is 0.867. The van der Waals surface area contributed by atoms with Crippen molar-refractivity contribution in [2.24, 2.45) is 0 Å². The van der Waals surface area contributed by atoms with E-state index in [1.54, 1.807) is 0 Å². The zero-order chi connectivity index (χ0) is 12.3. The van der Waals surface area contributed by atoms with Crippen LogP contribution in [0.15, 0.2) is 24.3 Å². The maximum atomic E-state index is 10.4. The number of aliphatic hydroxyl groups excluding tert-OH is 1. The van der Waals surface area contributed by atoms with Crippen molar-refractivity contribution in [3.63, 3.8) is 0 Å². The first-order valence-corrected chi connectivity index (χ1v) is 6.67. The molecule has 0 radical (unpaired) electrons. The van der Waals surface area contributed by atoms with Crippen LogP contribution in [0.1, 0.15) is 43.4 Å². The SMILES string of the molecule is Cc1ccc([C@H](O)[C@@H](C)N2CCCCC2)cc1. The highest BCUT2D eigenvalue weighted by atomic mass is 16.3. The van der Waals surface area contributed by atoms with Gasteiger partial charge in [0.1, 0.15) is 0 Å². The third-order valence-electron chi connectivity index (χ3n) is 3.84. The van der Waals surface area contributed by atoms with Crippen LogP contribution in [0.25, 0.3) is 0 Å². The summed E-state index contributed by atoms with van der Waals surface area (Å²) < 4.78 is 0. The molecule has 0 unspecified atom stereocenters. The predicted octanol–water partition coefficient (Wildman–Crippen LogP) is 2.90. The van der Waals surface area contributed by atoms with Crippen molar-refractivity contribution >= 4 is 0 Å². The molecule has 0 saturated carbocycles. The van der Waals surface area contributed by atoms with Gasteiger partial charge in [-0.3, -0.25) is 4.90 Å². The number of hydrogen-bond acceptors (Lipinski definition) is 2. The van der Waals surface area contributed by atoms with E-state index in [1.807, 2.05) is 12.1 Å². The van der Waals surface area contributed by atoms with Crippen LogP contribution in [0.5, 0.6) is 0 Å². The second-order valence-electron chi connectivity index (χ2n) is 5.19. The van der Waals surface area contributed by atoms with Gasteiger partial charge in [0.15, 0.2) is 0 Å². The maximum absolute atomic E-state index is 10.4. The number of likely N-dealkylation sites (tertiary alicyclic amines) is 1. The summed E-state index contributed by atoms with van der Waals surface area (Å²) in [6.07, 6.45) is 3.51. The van der Waals surface area contributed by atoms with Gasteiger partial charge >= 0.3 is 0 Å². The maximum Gasteiger partial charge on any atom is 0.0942 e. The molecule has 2 nitrogen and oxygen atoms in total. The van der Waals surface area contributed by atoms with Crippen molar-refractivity contribution in [3.8, 4) is 0 Å². The third-order valence-corrected chi connectivity index (χ3v) is 3.84. The smallest absolute Gasteiger partial charge is 0.0942 e. The minimum absolute atomic E-state index is 0.220. The first-order chi connectivity index (χ1) is 8.18. The van der Waals surface area contributed by atoms with Crippen molar-refractivity contribution in [2.45, 2.75) is 45.3 Å². The molecule has 1 fully saturated rings. The van der Waals surface area contributed by atoms with Crippen LogP contribution in [0, 0.1) is 6.92 Å². The van der Waals surface area contributed by atoms with Gasteiger partial charge in [0.25, 0.3) is 0 Å². The number of benzene rings is 1. The standard InChI is InChI=1S/C15H23NO/c1-12-6-8-14(9-7-12)15(17)13(2)16-10-4-3-5-11-16/h6-9,13,15,17H,3-5,10-11H2,1-2H3/t13-,15-/m1/s1. The van der Waals surface area contributed by atoms with Gasteiger partial charge < -0.3 is 5.11 Å². The van der Waals surface area contributed by atoms with Gasteiger partial charge in [-0.1, -0.05) is 36.2 Å². The predicted molar refractivity (Wildman–Crippen MR) is 71.0 cm³/mol. The molecule has 1 aliphatic rings. The van der Waals surface area contributed by atoms with E-state index in [0.29, 0.717) is 0 Å². The number of rotatable bonds is 3. The van der Waals surface area contributed by atoms with E-state index in [9.17, 15) is 5.11 Å². The monoisotopic (exact) mass is 233 g/mol. The molecule has 94 valence electrons. The summed E-state index contributed by atoms with van der Waals surface area (Å²) in [6, 6.07) is 8.45. The summed E-state index contributed by atoms with van der Waals surface area (Å²) in [6.45, 7) is 6.47. The van der Waals surface area contributed by atoms with E-state index in [1.165, 1.54) is 24.8 Å². The molecule has 2 heteroatoms. The lowest BCUT2D eigenvalue weighted by molar-refractivity contribution is 0.0471. The molecule has 1 N–H and O–H groups in total. The van der Waals surface area contributed by atoms with E-state index >= 15 is 0 Å². The van der Waals surface area contributed by atoms with Gasteiger partial charge in [0.05, 0.1) is 6.10 Å². The Bertz CT molecular complexity index is 340. The molecule has 2 atom stereocenters. The van der Waals surface area contributed by atoms with Gasteiger partial charge in [-0.25, -0.2) is 0 Å². The molecule has 1 saturated heterocycles. The molecule has 17 heavy (non-hydrogen) atoms. The van der Waals surface area contributed by atoms with Gasteiger partial charge in [-0.05, 0) is 45.3 Å². The Morgan fingerprint density at radius 1 is 1.06 bits per heavy atom. The number of piperidine rings is 1. The van der Waals surface area contributed by atoms with Crippen molar-refractivity contribution < 1.29 is 5.11 Å². The molecule has 0 amide bonds. The van der Waals surface area contributed by atoms with E-state index in [0.717, 1.165) is 18.7 Å². The molecule has 0 spiro atoms. The highest BCUT2D eigenvalue weighted by Crippen LogP contribution is 2.23. The minimum Gasteiger partial charge on any atom is -0.387 e. The van der Waals surface area contributed by atoms with Crippen LogP contribution in [0.4, 0.5) is 0 Å². The topological polar surface area (TPSA) is 23.5 Å². The van der Waals surface area contributed by atoms with E-state index in [-0.39, 0.29) is 12.1 Å². The number of aliphatic hydroxyl groups is 1. The average molecular weight is 233 g/mol. The fourth-order valence-corrected chi connectivity index (χ4v) is 2.57. The Hall–Kier alpha value is -0.860. The van der Waals surface area contributed by atoms with E-state index < -0.39 is 0 Å². The molecule has 0 bridgehead atoms. The summed E-state index contributed by atoms with van der Waals surface area (Å²) in [5.74, 6) is 0. The molecule has 1 heterocycles. The average Bonchev–Trinajstić information content (AvgIpc) is 2.39. The highest BCUT2D eigenvalue weighted by Gasteiger charge is 2.24. The lowest BCUT2D eigenvalue weighted by atomic mass is 9.99. The molecule has 1 aromatic rings. The Labute approximate surface area is 104 Å². The zero-order valence-electron chi connectivity index (χ0n) is 10.9. The van der Waals surface area contributed by atoms with Crippen LogP contribution in [-0.4, -0.2) is 29.1 Å². The molecule has 1 aliphatic heterocycles. The van der Waals surface area contributed by atoms with Gasteiger partial charge in [0.2, 0.25) is 0 Å². The fraction of sp³-hybridized carbons (Fsp3) is 0.600. The Morgan fingerprint density at radius 2 is 1.65 bits per heavy atom. The Balaban J connectivity index is 2.02. The molecule has 0 aliphatic carbocycles. The second-order valence-corrected chi connectivity index (χ2v) is 5.19. The summed E-state index contributed by atoms with van der Waals surface area (Å²) >= 11 is 0. The second kappa shape index (κ2) is 5.65. The molecule has 1 aromatic carbocycles. The van der Waals surface area contributed by atoms with Crippen LogP contribution in [0.2, 0.25) is 0 Å². The van der Waals surface area contributed by atoms with Crippen molar-refractivity contribution in [1.29, 1.82) is 0 Å². The number of aryl methyl sites for hydroxylation is 1. The molecular formula is C15H23NO. The normalized spacial score (nSPS) is 21.1. The van der Waals surface area contributed by atoms with E-state index in [4.69, 9.17) is 0 Å². The lowest BCUT2D eigenvalue weighted by Gasteiger charge is -2.35. The van der Waals surface area contributed by atoms with Crippen LogP contribution in [-0.2, 0) is 0 Å². The summed E-state index contributed by atoms with van der Waals surface area (Å²) in [5, 5.41) is 10.4. The fourth-order valence-electron chi connectivity index (χ4n) is 2.57. The van der Waals surface area contributed by atoms with E-state index in [2.05, 4.69) is 30.9 Å². The molecular weight excluding hydrogens is 210 g/mol. The third kappa shape index (κ3) is 3.08. The summed E-state index contributed by atoms with van der Waals surface area (Å²) in [5.41, 5.74) is 2.28. The number of nitrogens with zero attached hydrogens (tertiary/aromatic N) is 1.